The fourth-order valence-corrected chi connectivity index (χ4v) is 3.65. The van der Waals surface area contributed by atoms with Crippen molar-refractivity contribution < 1.29 is 4.79 Å². The molecule has 1 N–H and O–H groups in total. The molecule has 0 aliphatic carbocycles. The molecule has 1 aromatic heterocycles. The Bertz CT molecular complexity index is 742. The minimum Gasteiger partial charge on any atom is -0.338 e. The van der Waals surface area contributed by atoms with E-state index in [1.54, 1.807) is 0 Å². The van der Waals surface area contributed by atoms with E-state index in [0.29, 0.717) is 25.6 Å². The lowest BCUT2D eigenvalue weighted by molar-refractivity contribution is 0.194. The zero-order valence-corrected chi connectivity index (χ0v) is 13.6. The minimum atomic E-state index is 0.00810. The summed E-state index contributed by atoms with van der Waals surface area (Å²) < 4.78 is 2.19. The van der Waals surface area contributed by atoms with Crippen molar-refractivity contribution in [3.05, 3.63) is 52.6 Å². The predicted octanol–water partition coefficient (Wildman–Crippen LogP) is 2.82. The lowest BCUT2D eigenvalue weighted by atomic mass is 9.99. The Morgan fingerprint density at radius 3 is 3.13 bits per heavy atom. The SMILES string of the molecule is O=C(NCC1CCc2nccn2C1)N1Cc2ccc(Cl)cc2C1. The molecule has 0 radical (unpaired) electrons. The van der Waals surface area contributed by atoms with Crippen LogP contribution >= 0.6 is 11.6 Å². The smallest absolute Gasteiger partial charge is 0.318 e. The second-order valence-electron chi connectivity index (χ2n) is 6.36. The number of aromatic nitrogens is 2. The van der Waals surface area contributed by atoms with Crippen LogP contribution in [-0.4, -0.2) is 27.0 Å². The van der Waals surface area contributed by atoms with Crippen LogP contribution in [0.4, 0.5) is 4.79 Å². The highest BCUT2D eigenvalue weighted by molar-refractivity contribution is 6.30. The number of hydrogen-bond donors (Lipinski definition) is 1. The van der Waals surface area contributed by atoms with Gasteiger partial charge in [-0.15, -0.1) is 0 Å². The van der Waals surface area contributed by atoms with Gasteiger partial charge >= 0.3 is 6.03 Å². The van der Waals surface area contributed by atoms with Crippen LogP contribution in [-0.2, 0) is 26.1 Å². The number of nitrogens with one attached hydrogen (secondary N) is 1. The van der Waals surface area contributed by atoms with Gasteiger partial charge in [-0.1, -0.05) is 17.7 Å². The Hall–Kier alpha value is -2.01. The number of hydrogen-bond acceptors (Lipinski definition) is 2. The van der Waals surface area contributed by atoms with Crippen molar-refractivity contribution in [3.63, 3.8) is 0 Å². The molecule has 1 atom stereocenters. The van der Waals surface area contributed by atoms with E-state index in [1.807, 2.05) is 35.5 Å². The second kappa shape index (κ2) is 5.89. The van der Waals surface area contributed by atoms with Gasteiger partial charge in [-0.2, -0.15) is 0 Å². The van der Waals surface area contributed by atoms with Crippen molar-refractivity contribution in [2.75, 3.05) is 6.54 Å². The van der Waals surface area contributed by atoms with Crippen LogP contribution in [0.15, 0.2) is 30.6 Å². The lowest BCUT2D eigenvalue weighted by Crippen LogP contribution is -2.40. The Morgan fingerprint density at radius 2 is 2.22 bits per heavy atom. The summed E-state index contributed by atoms with van der Waals surface area (Å²) in [6, 6.07) is 5.85. The molecule has 4 rings (SSSR count). The van der Waals surface area contributed by atoms with Gasteiger partial charge in [0, 0.05) is 50.0 Å². The molecule has 23 heavy (non-hydrogen) atoms. The van der Waals surface area contributed by atoms with Crippen molar-refractivity contribution in [1.29, 1.82) is 0 Å². The summed E-state index contributed by atoms with van der Waals surface area (Å²) >= 11 is 6.02. The van der Waals surface area contributed by atoms with Crippen LogP contribution in [0, 0.1) is 5.92 Å². The van der Waals surface area contributed by atoms with E-state index in [1.165, 1.54) is 5.56 Å². The quantitative estimate of drug-likeness (QED) is 0.920. The number of urea groups is 1. The first-order valence-corrected chi connectivity index (χ1v) is 8.37. The van der Waals surface area contributed by atoms with Crippen LogP contribution in [0.5, 0.6) is 0 Å². The van der Waals surface area contributed by atoms with E-state index >= 15 is 0 Å². The van der Waals surface area contributed by atoms with Gasteiger partial charge in [-0.3, -0.25) is 0 Å². The summed E-state index contributed by atoms with van der Waals surface area (Å²) in [4.78, 5) is 18.6. The van der Waals surface area contributed by atoms with Crippen LogP contribution in [0.1, 0.15) is 23.4 Å². The number of halogens is 1. The van der Waals surface area contributed by atoms with Crippen LogP contribution in [0.25, 0.3) is 0 Å². The molecule has 1 aromatic carbocycles. The van der Waals surface area contributed by atoms with E-state index in [2.05, 4.69) is 14.9 Å². The monoisotopic (exact) mass is 330 g/mol. The number of amides is 2. The summed E-state index contributed by atoms with van der Waals surface area (Å²) in [6.07, 6.45) is 5.93. The molecule has 2 aliphatic rings. The van der Waals surface area contributed by atoms with E-state index < -0.39 is 0 Å². The molecule has 0 spiro atoms. The van der Waals surface area contributed by atoms with E-state index in [0.717, 1.165) is 35.8 Å². The van der Waals surface area contributed by atoms with Crippen molar-refractivity contribution >= 4 is 17.6 Å². The maximum atomic E-state index is 12.4. The zero-order chi connectivity index (χ0) is 15.8. The third-order valence-electron chi connectivity index (χ3n) is 4.75. The molecule has 0 saturated carbocycles. The number of aryl methyl sites for hydroxylation is 1. The number of imidazole rings is 1. The highest BCUT2D eigenvalue weighted by Crippen LogP contribution is 2.25. The molecule has 2 aliphatic heterocycles. The van der Waals surface area contributed by atoms with Crippen molar-refractivity contribution in [2.24, 2.45) is 5.92 Å². The largest absolute Gasteiger partial charge is 0.338 e. The van der Waals surface area contributed by atoms with Gasteiger partial charge in [0.25, 0.3) is 0 Å². The Balaban J connectivity index is 1.32. The Morgan fingerprint density at radius 1 is 1.35 bits per heavy atom. The number of rotatable bonds is 2. The topological polar surface area (TPSA) is 50.2 Å². The fraction of sp³-hybridized carbons (Fsp3) is 0.412. The number of fused-ring (bicyclic) bond motifs is 2. The first-order valence-electron chi connectivity index (χ1n) is 7.99. The molecule has 0 bridgehead atoms. The van der Waals surface area contributed by atoms with Crippen molar-refractivity contribution in [2.45, 2.75) is 32.5 Å². The third kappa shape index (κ3) is 2.93. The first kappa shape index (κ1) is 14.6. The number of benzene rings is 1. The summed E-state index contributed by atoms with van der Waals surface area (Å²) in [6.45, 7) is 2.95. The van der Waals surface area contributed by atoms with Gasteiger partial charge in [-0.25, -0.2) is 9.78 Å². The predicted molar refractivity (Wildman–Crippen MR) is 88.1 cm³/mol. The molecule has 1 unspecified atom stereocenters. The molecule has 0 fully saturated rings. The van der Waals surface area contributed by atoms with Gasteiger partial charge in [-0.05, 0) is 35.6 Å². The molecule has 120 valence electrons. The molecule has 5 nitrogen and oxygen atoms in total. The van der Waals surface area contributed by atoms with Gasteiger partial charge < -0.3 is 14.8 Å². The summed E-state index contributed by atoms with van der Waals surface area (Å²) in [5.41, 5.74) is 2.33. The second-order valence-corrected chi connectivity index (χ2v) is 6.79. The van der Waals surface area contributed by atoms with Gasteiger partial charge in [0.15, 0.2) is 0 Å². The standard InChI is InChI=1S/C17H19ClN4O/c18-15-3-2-13-10-22(11-14(13)7-15)17(23)20-8-12-1-4-16-19-5-6-21(16)9-12/h2-3,5-7,12H,1,4,8-11H2,(H,20,23). The van der Waals surface area contributed by atoms with E-state index in [9.17, 15) is 4.79 Å². The average Bonchev–Trinajstić information content (AvgIpc) is 3.17. The van der Waals surface area contributed by atoms with Crippen LogP contribution in [0.2, 0.25) is 5.02 Å². The third-order valence-corrected chi connectivity index (χ3v) is 4.99. The van der Waals surface area contributed by atoms with Crippen LogP contribution < -0.4 is 5.32 Å². The molecule has 0 saturated heterocycles. The highest BCUT2D eigenvalue weighted by Gasteiger charge is 2.25. The minimum absolute atomic E-state index is 0.00810. The van der Waals surface area contributed by atoms with Crippen molar-refractivity contribution in [3.8, 4) is 0 Å². The maximum Gasteiger partial charge on any atom is 0.318 e. The molecule has 2 aromatic rings. The highest BCUT2D eigenvalue weighted by atomic mass is 35.5. The fourth-order valence-electron chi connectivity index (χ4n) is 3.45. The van der Waals surface area contributed by atoms with E-state index in [-0.39, 0.29) is 6.03 Å². The van der Waals surface area contributed by atoms with Gasteiger partial charge in [0.1, 0.15) is 5.82 Å². The zero-order valence-electron chi connectivity index (χ0n) is 12.8. The molecule has 3 heterocycles. The van der Waals surface area contributed by atoms with Crippen LogP contribution in [0.3, 0.4) is 0 Å². The Labute approximate surface area is 140 Å². The maximum absolute atomic E-state index is 12.4. The summed E-state index contributed by atoms with van der Waals surface area (Å²) in [7, 11) is 0. The molecule has 2 amide bonds. The van der Waals surface area contributed by atoms with E-state index in [4.69, 9.17) is 11.6 Å². The molecule has 6 heteroatoms. The molecular weight excluding hydrogens is 312 g/mol. The normalized spacial score (nSPS) is 19.3. The summed E-state index contributed by atoms with van der Waals surface area (Å²) in [5, 5.41) is 3.81. The van der Waals surface area contributed by atoms with Gasteiger partial charge in [0.2, 0.25) is 0 Å². The lowest BCUT2D eigenvalue weighted by Gasteiger charge is -2.25. The van der Waals surface area contributed by atoms with Gasteiger partial charge in [0.05, 0.1) is 0 Å². The molecular formula is C17H19ClN4O. The summed E-state index contributed by atoms with van der Waals surface area (Å²) in [5.74, 6) is 1.62. The number of carbonyl (C=O) groups excluding carboxylic acids is 1. The number of nitrogens with zero attached hydrogens (tertiary/aromatic N) is 3. The first-order chi connectivity index (χ1) is 11.2. The number of carbonyl (C=O) groups is 1. The average molecular weight is 331 g/mol. The Kier molecular flexibility index (Phi) is 3.73. The van der Waals surface area contributed by atoms with Crippen molar-refractivity contribution in [1.82, 2.24) is 19.8 Å².